The van der Waals surface area contributed by atoms with Crippen molar-refractivity contribution < 1.29 is 9.47 Å². The molecule has 3 heterocycles. The Labute approximate surface area is 120 Å². The molecule has 0 bridgehead atoms. The molecule has 0 radical (unpaired) electrons. The molecule has 0 spiro atoms. The van der Waals surface area contributed by atoms with Crippen molar-refractivity contribution in [3.05, 3.63) is 30.6 Å². The van der Waals surface area contributed by atoms with E-state index in [1.807, 2.05) is 6.20 Å². The van der Waals surface area contributed by atoms with Gasteiger partial charge in [0.2, 0.25) is 0 Å². The molecule has 3 rings (SSSR count). The third-order valence-corrected chi connectivity index (χ3v) is 4.10. The van der Waals surface area contributed by atoms with E-state index in [2.05, 4.69) is 27.3 Å². The van der Waals surface area contributed by atoms with Crippen LogP contribution in [0.2, 0.25) is 0 Å². The van der Waals surface area contributed by atoms with E-state index in [0.29, 0.717) is 18.6 Å². The largest absolute Gasteiger partial charge is 0.380 e. The Kier molecular flexibility index (Phi) is 4.50. The van der Waals surface area contributed by atoms with Crippen LogP contribution < -0.4 is 0 Å². The molecule has 5 nitrogen and oxygen atoms in total. The van der Waals surface area contributed by atoms with Gasteiger partial charge in [0.15, 0.2) is 0 Å². The van der Waals surface area contributed by atoms with E-state index >= 15 is 0 Å². The van der Waals surface area contributed by atoms with E-state index in [1.54, 1.807) is 6.08 Å². The molecule has 5 heteroatoms. The summed E-state index contributed by atoms with van der Waals surface area (Å²) in [6, 6.07) is 2.66. The number of ether oxygens (including phenoxy) is 2. The lowest BCUT2D eigenvalue weighted by Crippen LogP contribution is -2.38. The van der Waals surface area contributed by atoms with Gasteiger partial charge in [-0.2, -0.15) is 5.10 Å². The Balaban J connectivity index is 1.70. The maximum atomic E-state index is 5.66. The van der Waals surface area contributed by atoms with Crippen molar-refractivity contribution in [3.8, 4) is 0 Å². The Morgan fingerprint density at radius 2 is 2.45 bits per heavy atom. The van der Waals surface area contributed by atoms with Crippen molar-refractivity contribution >= 4 is 0 Å². The number of aromatic nitrogens is 2. The van der Waals surface area contributed by atoms with Crippen LogP contribution in [0.15, 0.2) is 24.9 Å². The minimum atomic E-state index is 0.469. The monoisotopic (exact) mass is 277 g/mol. The molecule has 0 amide bonds. The van der Waals surface area contributed by atoms with E-state index in [0.717, 1.165) is 45.9 Å². The van der Waals surface area contributed by atoms with Crippen LogP contribution in [0.5, 0.6) is 0 Å². The topological polar surface area (TPSA) is 39.5 Å². The van der Waals surface area contributed by atoms with Gasteiger partial charge < -0.3 is 9.47 Å². The lowest BCUT2D eigenvalue weighted by atomic mass is 10.1. The highest BCUT2D eigenvalue weighted by Gasteiger charge is 2.29. The summed E-state index contributed by atoms with van der Waals surface area (Å²) in [4.78, 5) is 2.54. The van der Waals surface area contributed by atoms with Crippen LogP contribution >= 0.6 is 0 Å². The number of nitrogens with zero attached hydrogens (tertiary/aromatic N) is 3. The molecular weight excluding hydrogens is 254 g/mol. The number of hydrogen-bond acceptors (Lipinski definition) is 4. The third kappa shape index (κ3) is 3.11. The first-order valence-electron chi connectivity index (χ1n) is 7.38. The number of hydrogen-bond donors (Lipinski definition) is 0. The summed E-state index contributed by atoms with van der Waals surface area (Å²) in [6.07, 6.45) is 4.83. The SMILES string of the molecule is C=CCOC[C@H]1CN([C@@H]2CCOC2)Cc2ccnn2C1. The fourth-order valence-electron chi connectivity index (χ4n) is 3.08. The molecule has 1 aromatic rings. The minimum absolute atomic E-state index is 0.469. The average molecular weight is 277 g/mol. The summed E-state index contributed by atoms with van der Waals surface area (Å²) in [7, 11) is 0. The average Bonchev–Trinajstić information content (AvgIpc) is 3.08. The van der Waals surface area contributed by atoms with Crippen molar-refractivity contribution in [2.24, 2.45) is 5.92 Å². The van der Waals surface area contributed by atoms with Gasteiger partial charge in [0.25, 0.3) is 0 Å². The van der Waals surface area contributed by atoms with Crippen LogP contribution in [0.4, 0.5) is 0 Å². The van der Waals surface area contributed by atoms with E-state index < -0.39 is 0 Å². The van der Waals surface area contributed by atoms with Gasteiger partial charge in [-0.15, -0.1) is 6.58 Å². The molecule has 2 aliphatic heterocycles. The van der Waals surface area contributed by atoms with Crippen molar-refractivity contribution in [1.29, 1.82) is 0 Å². The molecule has 0 aromatic carbocycles. The highest BCUT2D eigenvalue weighted by atomic mass is 16.5. The quantitative estimate of drug-likeness (QED) is 0.601. The Bertz CT molecular complexity index is 440. The first-order valence-corrected chi connectivity index (χ1v) is 7.38. The van der Waals surface area contributed by atoms with Gasteiger partial charge in [0.1, 0.15) is 0 Å². The molecule has 1 aromatic heterocycles. The summed E-state index contributed by atoms with van der Waals surface area (Å²) < 4.78 is 13.3. The zero-order chi connectivity index (χ0) is 13.8. The summed E-state index contributed by atoms with van der Waals surface area (Å²) in [5.41, 5.74) is 1.29. The second-order valence-electron chi connectivity index (χ2n) is 5.64. The maximum Gasteiger partial charge on any atom is 0.0645 e. The van der Waals surface area contributed by atoms with Crippen molar-refractivity contribution in [3.63, 3.8) is 0 Å². The second kappa shape index (κ2) is 6.52. The van der Waals surface area contributed by atoms with Crippen molar-refractivity contribution in [1.82, 2.24) is 14.7 Å². The lowest BCUT2D eigenvalue weighted by Gasteiger charge is -2.28. The van der Waals surface area contributed by atoms with E-state index in [9.17, 15) is 0 Å². The van der Waals surface area contributed by atoms with E-state index in [1.165, 1.54) is 5.69 Å². The van der Waals surface area contributed by atoms with Gasteiger partial charge in [-0.05, 0) is 12.5 Å². The van der Waals surface area contributed by atoms with Crippen molar-refractivity contribution in [2.75, 3.05) is 33.0 Å². The Hall–Kier alpha value is -1.17. The predicted octanol–water partition coefficient (Wildman–Crippen LogP) is 1.31. The van der Waals surface area contributed by atoms with Gasteiger partial charge in [-0.25, -0.2) is 0 Å². The Morgan fingerprint density at radius 3 is 3.25 bits per heavy atom. The normalized spacial score (nSPS) is 27.2. The van der Waals surface area contributed by atoms with Crippen LogP contribution in [0, 0.1) is 5.92 Å². The molecule has 0 N–H and O–H groups in total. The molecular formula is C15H23N3O2. The molecule has 0 saturated carbocycles. The van der Waals surface area contributed by atoms with E-state index in [4.69, 9.17) is 9.47 Å². The highest BCUT2D eigenvalue weighted by Crippen LogP contribution is 2.22. The molecule has 110 valence electrons. The third-order valence-electron chi connectivity index (χ3n) is 4.10. The molecule has 20 heavy (non-hydrogen) atoms. The molecule has 0 unspecified atom stereocenters. The van der Waals surface area contributed by atoms with Crippen molar-refractivity contribution in [2.45, 2.75) is 25.6 Å². The van der Waals surface area contributed by atoms with Gasteiger partial charge in [-0.3, -0.25) is 9.58 Å². The van der Waals surface area contributed by atoms with Crippen LogP contribution in [0.25, 0.3) is 0 Å². The van der Waals surface area contributed by atoms with Crippen LogP contribution in [0.3, 0.4) is 0 Å². The second-order valence-corrected chi connectivity index (χ2v) is 5.64. The molecule has 0 aliphatic carbocycles. The van der Waals surface area contributed by atoms with Gasteiger partial charge in [0, 0.05) is 44.4 Å². The van der Waals surface area contributed by atoms with E-state index in [-0.39, 0.29) is 0 Å². The van der Waals surface area contributed by atoms with Crippen LogP contribution in [0.1, 0.15) is 12.1 Å². The lowest BCUT2D eigenvalue weighted by molar-refractivity contribution is 0.0768. The first kappa shape index (κ1) is 13.8. The summed E-state index contributed by atoms with van der Waals surface area (Å²) in [6.45, 7) is 9.77. The summed E-state index contributed by atoms with van der Waals surface area (Å²) in [5, 5.41) is 4.44. The fourth-order valence-corrected chi connectivity index (χ4v) is 3.08. The molecule has 1 saturated heterocycles. The zero-order valence-corrected chi connectivity index (χ0v) is 11.9. The summed E-state index contributed by atoms with van der Waals surface area (Å²) in [5.74, 6) is 0.469. The summed E-state index contributed by atoms with van der Waals surface area (Å²) >= 11 is 0. The predicted molar refractivity (Wildman–Crippen MR) is 76.4 cm³/mol. The maximum absolute atomic E-state index is 5.66. The van der Waals surface area contributed by atoms with Gasteiger partial charge >= 0.3 is 0 Å². The molecule has 1 fully saturated rings. The molecule has 2 atom stereocenters. The Morgan fingerprint density at radius 1 is 1.50 bits per heavy atom. The molecule has 2 aliphatic rings. The van der Waals surface area contributed by atoms with Crippen LogP contribution in [-0.4, -0.2) is 53.7 Å². The number of fused-ring (bicyclic) bond motifs is 1. The van der Waals surface area contributed by atoms with Gasteiger partial charge in [-0.1, -0.05) is 6.08 Å². The standard InChI is InChI=1S/C15H23N3O2/c1-2-6-19-11-13-8-17(15-4-7-20-12-15)10-14-3-5-16-18(14)9-13/h2-3,5,13,15H,1,4,6-12H2/t13-,15+/m0/s1. The zero-order valence-electron chi connectivity index (χ0n) is 11.9. The minimum Gasteiger partial charge on any atom is -0.380 e. The first-order chi connectivity index (χ1) is 9.86. The number of rotatable bonds is 5. The smallest absolute Gasteiger partial charge is 0.0645 e. The van der Waals surface area contributed by atoms with Crippen LogP contribution in [-0.2, 0) is 22.6 Å². The fraction of sp³-hybridized carbons (Fsp3) is 0.667. The highest BCUT2D eigenvalue weighted by molar-refractivity contribution is 5.03. The van der Waals surface area contributed by atoms with Gasteiger partial charge in [0.05, 0.1) is 25.5 Å².